The summed E-state index contributed by atoms with van der Waals surface area (Å²) in [5.41, 5.74) is 0. The van der Waals surface area contributed by atoms with E-state index in [0.29, 0.717) is 4.90 Å². The zero-order valence-electron chi connectivity index (χ0n) is 10.6. The van der Waals surface area contributed by atoms with Crippen LogP contribution in [0.25, 0.3) is 0 Å². The molecular weight excluding hydrogens is 314 g/mol. The summed E-state index contributed by atoms with van der Waals surface area (Å²) >= 11 is 0.900. The predicted molar refractivity (Wildman–Crippen MR) is 67.4 cm³/mol. The second-order valence-electron chi connectivity index (χ2n) is 4.00. The van der Waals surface area contributed by atoms with Crippen LogP contribution < -0.4 is 0 Å². The lowest BCUT2D eigenvalue weighted by atomic mass is 10.4. The number of thioether (sulfide) groups is 1. The molecule has 1 aromatic rings. The van der Waals surface area contributed by atoms with Crippen LogP contribution in [-0.4, -0.2) is 46.9 Å². The van der Waals surface area contributed by atoms with Crippen molar-refractivity contribution in [2.75, 3.05) is 18.8 Å². The van der Waals surface area contributed by atoms with Crippen molar-refractivity contribution in [3.05, 3.63) is 30.1 Å². The van der Waals surface area contributed by atoms with Gasteiger partial charge in [-0.05, 0) is 24.3 Å². The van der Waals surface area contributed by atoms with Gasteiger partial charge >= 0.3 is 12.1 Å². The number of rotatable bonds is 6. The molecule has 1 amide bonds. The first kappa shape index (κ1) is 17.3. The van der Waals surface area contributed by atoms with Crippen molar-refractivity contribution in [1.29, 1.82) is 0 Å². The van der Waals surface area contributed by atoms with Gasteiger partial charge < -0.3 is 10.0 Å². The number of halogens is 4. The van der Waals surface area contributed by atoms with Crippen LogP contribution in [0, 0.1) is 5.82 Å². The lowest BCUT2D eigenvalue weighted by Gasteiger charge is -2.21. The monoisotopic (exact) mass is 325 g/mol. The molecule has 9 heteroatoms. The molecule has 0 heterocycles. The topological polar surface area (TPSA) is 57.6 Å². The fraction of sp³-hybridized carbons (Fsp3) is 0.333. The number of carbonyl (C=O) groups excluding carboxylic acids is 1. The molecule has 1 N–H and O–H groups in total. The van der Waals surface area contributed by atoms with Crippen LogP contribution in [0.4, 0.5) is 17.6 Å². The Balaban J connectivity index is 2.63. The molecule has 0 saturated carbocycles. The number of carboxylic acids is 1. The van der Waals surface area contributed by atoms with Crippen molar-refractivity contribution in [3.8, 4) is 0 Å². The van der Waals surface area contributed by atoms with Crippen LogP contribution >= 0.6 is 11.8 Å². The molecule has 0 unspecified atom stereocenters. The quantitative estimate of drug-likeness (QED) is 0.644. The number of hydrogen-bond acceptors (Lipinski definition) is 3. The van der Waals surface area contributed by atoms with Gasteiger partial charge in [0, 0.05) is 4.90 Å². The Labute approximate surface area is 121 Å². The van der Waals surface area contributed by atoms with Crippen molar-refractivity contribution >= 4 is 23.6 Å². The molecule has 0 spiro atoms. The highest BCUT2D eigenvalue weighted by molar-refractivity contribution is 8.00. The van der Waals surface area contributed by atoms with Crippen LogP contribution in [0.1, 0.15) is 0 Å². The minimum Gasteiger partial charge on any atom is -0.480 e. The molecule has 0 aliphatic rings. The Bertz CT molecular complexity index is 504. The maximum Gasteiger partial charge on any atom is 0.406 e. The van der Waals surface area contributed by atoms with Gasteiger partial charge in [0.25, 0.3) is 0 Å². The molecule has 116 valence electrons. The largest absolute Gasteiger partial charge is 0.480 e. The normalized spacial score (nSPS) is 11.2. The summed E-state index contributed by atoms with van der Waals surface area (Å²) in [5, 5.41) is 8.54. The van der Waals surface area contributed by atoms with Gasteiger partial charge in [-0.1, -0.05) is 0 Å². The second kappa shape index (κ2) is 7.30. The summed E-state index contributed by atoms with van der Waals surface area (Å²) in [7, 11) is 0. The van der Waals surface area contributed by atoms with Crippen LogP contribution in [0.5, 0.6) is 0 Å². The molecule has 0 radical (unpaired) electrons. The number of hydrogen-bond donors (Lipinski definition) is 1. The third kappa shape index (κ3) is 6.98. The maximum absolute atomic E-state index is 12.7. The molecule has 0 atom stereocenters. The van der Waals surface area contributed by atoms with Gasteiger partial charge in [-0.15, -0.1) is 11.8 Å². The first-order valence-electron chi connectivity index (χ1n) is 5.62. The summed E-state index contributed by atoms with van der Waals surface area (Å²) < 4.78 is 49.5. The van der Waals surface area contributed by atoms with Gasteiger partial charge in [0.15, 0.2) is 0 Å². The van der Waals surface area contributed by atoms with Gasteiger partial charge in [0.2, 0.25) is 5.91 Å². The highest BCUT2D eigenvalue weighted by Crippen LogP contribution is 2.21. The molecule has 0 bridgehead atoms. The number of carbonyl (C=O) groups is 2. The first-order chi connectivity index (χ1) is 9.67. The number of nitrogens with zero attached hydrogens (tertiary/aromatic N) is 1. The number of benzene rings is 1. The Morgan fingerprint density at radius 1 is 1.19 bits per heavy atom. The minimum atomic E-state index is -4.67. The summed E-state index contributed by atoms with van der Waals surface area (Å²) in [6.45, 7) is -2.65. The molecule has 1 aromatic carbocycles. The predicted octanol–water partition coefficient (Wildman–Crippen LogP) is 2.39. The molecule has 0 saturated heterocycles. The van der Waals surface area contributed by atoms with Gasteiger partial charge in [-0.3, -0.25) is 9.59 Å². The Kier molecular flexibility index (Phi) is 6.01. The van der Waals surface area contributed by atoms with Crippen molar-refractivity contribution in [2.45, 2.75) is 11.1 Å². The lowest BCUT2D eigenvalue weighted by Crippen LogP contribution is -2.42. The molecule has 0 aliphatic heterocycles. The Hall–Kier alpha value is -1.77. The molecule has 21 heavy (non-hydrogen) atoms. The molecule has 1 rings (SSSR count). The van der Waals surface area contributed by atoms with Crippen molar-refractivity contribution in [2.24, 2.45) is 0 Å². The number of carboxylic acid groups (broad SMARTS) is 1. The average molecular weight is 325 g/mol. The minimum absolute atomic E-state index is 0.221. The second-order valence-corrected chi connectivity index (χ2v) is 5.05. The summed E-state index contributed by atoms with van der Waals surface area (Å²) in [4.78, 5) is 22.9. The highest BCUT2D eigenvalue weighted by Gasteiger charge is 2.33. The van der Waals surface area contributed by atoms with Crippen LogP contribution in [-0.2, 0) is 9.59 Å². The van der Waals surface area contributed by atoms with E-state index < -0.39 is 37.0 Å². The van der Waals surface area contributed by atoms with Crippen LogP contribution in [0.15, 0.2) is 29.2 Å². The van der Waals surface area contributed by atoms with E-state index in [4.69, 9.17) is 5.11 Å². The summed E-state index contributed by atoms with van der Waals surface area (Å²) in [6.07, 6.45) is -4.67. The fourth-order valence-corrected chi connectivity index (χ4v) is 2.18. The van der Waals surface area contributed by atoms with Gasteiger partial charge in [-0.2, -0.15) is 13.2 Å². The van der Waals surface area contributed by atoms with E-state index in [1.54, 1.807) is 0 Å². The van der Waals surface area contributed by atoms with E-state index >= 15 is 0 Å². The standard InChI is InChI=1S/C12H11F4NO3S/c13-8-1-3-9(4-2-8)21-6-10(18)17(5-11(19)20)7-12(14,15)16/h1-4H,5-7H2,(H,19,20). The molecule has 0 aliphatic carbocycles. The summed E-state index contributed by atoms with van der Waals surface area (Å²) in [6, 6.07) is 5.05. The van der Waals surface area contributed by atoms with E-state index in [-0.39, 0.29) is 10.7 Å². The summed E-state index contributed by atoms with van der Waals surface area (Å²) in [5.74, 6) is -3.33. The Morgan fingerprint density at radius 3 is 2.24 bits per heavy atom. The van der Waals surface area contributed by atoms with Crippen LogP contribution in [0.2, 0.25) is 0 Å². The molecular formula is C12H11F4NO3S. The van der Waals surface area contributed by atoms with E-state index in [9.17, 15) is 27.2 Å². The van der Waals surface area contributed by atoms with Crippen molar-refractivity contribution < 1.29 is 32.3 Å². The van der Waals surface area contributed by atoms with Crippen molar-refractivity contribution in [1.82, 2.24) is 4.90 Å². The van der Waals surface area contributed by atoms with E-state index in [0.717, 1.165) is 23.9 Å². The SMILES string of the molecule is O=C(O)CN(CC(F)(F)F)C(=O)CSc1ccc(F)cc1. The molecule has 0 aromatic heterocycles. The van der Waals surface area contributed by atoms with E-state index in [1.807, 2.05) is 0 Å². The molecule has 4 nitrogen and oxygen atoms in total. The zero-order chi connectivity index (χ0) is 16.0. The van der Waals surface area contributed by atoms with Gasteiger partial charge in [-0.25, -0.2) is 4.39 Å². The number of amides is 1. The van der Waals surface area contributed by atoms with Gasteiger partial charge in [0.1, 0.15) is 18.9 Å². The number of aliphatic carboxylic acids is 1. The first-order valence-corrected chi connectivity index (χ1v) is 6.60. The third-order valence-electron chi connectivity index (χ3n) is 2.22. The fourth-order valence-electron chi connectivity index (χ4n) is 1.38. The third-order valence-corrected chi connectivity index (χ3v) is 3.22. The highest BCUT2D eigenvalue weighted by atomic mass is 32.2. The van der Waals surface area contributed by atoms with Gasteiger partial charge in [0.05, 0.1) is 5.75 Å². The van der Waals surface area contributed by atoms with Crippen LogP contribution in [0.3, 0.4) is 0 Å². The molecule has 0 fully saturated rings. The van der Waals surface area contributed by atoms with E-state index in [1.165, 1.54) is 12.1 Å². The lowest BCUT2D eigenvalue weighted by molar-refractivity contribution is -0.164. The zero-order valence-corrected chi connectivity index (χ0v) is 11.4. The Morgan fingerprint density at radius 2 is 1.76 bits per heavy atom. The average Bonchev–Trinajstić information content (AvgIpc) is 2.34. The smallest absolute Gasteiger partial charge is 0.406 e. The van der Waals surface area contributed by atoms with E-state index in [2.05, 4.69) is 0 Å². The maximum atomic E-state index is 12.7. The number of alkyl halides is 3. The van der Waals surface area contributed by atoms with Crippen molar-refractivity contribution in [3.63, 3.8) is 0 Å².